The lowest BCUT2D eigenvalue weighted by Crippen LogP contribution is -2.35. The van der Waals surface area contributed by atoms with Crippen molar-refractivity contribution in [3.05, 3.63) is 137 Å². The molecule has 0 fully saturated rings. The number of ether oxygens (including phenoxy) is 4. The van der Waals surface area contributed by atoms with Crippen LogP contribution >= 0.6 is 11.3 Å². The molecule has 1 atom stereocenters. The fourth-order valence-corrected chi connectivity index (χ4v) is 9.90. The number of thiophene rings is 1. The van der Waals surface area contributed by atoms with Gasteiger partial charge in [0.05, 0.1) is 21.3 Å². The van der Waals surface area contributed by atoms with Crippen LogP contribution in [-0.4, -0.2) is 21.3 Å². The van der Waals surface area contributed by atoms with E-state index in [2.05, 4.69) is 117 Å². The predicted molar refractivity (Wildman–Crippen MR) is 207 cm³/mol. The van der Waals surface area contributed by atoms with Gasteiger partial charge in [0, 0.05) is 47.7 Å². The summed E-state index contributed by atoms with van der Waals surface area (Å²) in [6.07, 6.45) is 6.55. The molecular formula is C45H38O4S. The zero-order valence-electron chi connectivity index (χ0n) is 28.9. The maximum atomic E-state index is 7.66. The molecule has 0 saturated heterocycles. The van der Waals surface area contributed by atoms with Gasteiger partial charge in [-0.05, 0) is 83.0 Å². The highest BCUT2D eigenvalue weighted by Crippen LogP contribution is 2.61. The smallest absolute Gasteiger partial charge is 0.178 e. The molecule has 5 heteroatoms. The maximum absolute atomic E-state index is 7.66. The molecule has 0 bridgehead atoms. The Hall–Kier alpha value is -5.26. The first kappa shape index (κ1) is 30.8. The van der Waals surface area contributed by atoms with Gasteiger partial charge in [-0.15, -0.1) is 11.3 Å². The third-order valence-electron chi connectivity index (χ3n) is 11.3. The summed E-state index contributed by atoms with van der Waals surface area (Å²) < 4.78 is 27.6. The summed E-state index contributed by atoms with van der Waals surface area (Å²) in [5, 5.41) is 4.64. The van der Waals surface area contributed by atoms with Crippen molar-refractivity contribution in [3.63, 3.8) is 0 Å². The molecule has 1 aliphatic carbocycles. The number of hydrogen-bond acceptors (Lipinski definition) is 5. The molecule has 2 aliphatic rings. The molecule has 0 saturated carbocycles. The van der Waals surface area contributed by atoms with Crippen LogP contribution in [0.25, 0.3) is 48.1 Å². The molecule has 1 aliphatic heterocycles. The van der Waals surface area contributed by atoms with E-state index < -0.39 is 5.60 Å². The normalized spacial score (nSPS) is 17.0. The SMILES string of the molecule is CCC1(CC)c2ccccc2-c2c1c1c(c3cc(OC)c(OC)cc23)OC(c2ccc(OC)cc2)(c2ccc3c(c2)sc2ccccc23)C=C1. The van der Waals surface area contributed by atoms with Gasteiger partial charge < -0.3 is 18.9 Å². The highest BCUT2D eigenvalue weighted by molar-refractivity contribution is 7.25. The molecule has 9 rings (SSSR count). The maximum Gasteiger partial charge on any atom is 0.178 e. The van der Waals surface area contributed by atoms with Crippen LogP contribution in [0.3, 0.4) is 0 Å². The van der Waals surface area contributed by atoms with Gasteiger partial charge in [-0.25, -0.2) is 0 Å². The number of benzene rings is 6. The second-order valence-corrected chi connectivity index (χ2v) is 14.4. The molecular weight excluding hydrogens is 637 g/mol. The largest absolute Gasteiger partial charge is 0.497 e. The Bertz CT molecular complexity index is 2500. The van der Waals surface area contributed by atoms with E-state index in [0.29, 0.717) is 11.5 Å². The van der Waals surface area contributed by atoms with Gasteiger partial charge in [0.25, 0.3) is 0 Å². The molecule has 7 aromatic rings. The highest BCUT2D eigenvalue weighted by Gasteiger charge is 2.47. The molecule has 248 valence electrons. The van der Waals surface area contributed by atoms with Crippen molar-refractivity contribution in [2.24, 2.45) is 0 Å². The molecule has 0 N–H and O–H groups in total. The number of rotatable bonds is 7. The van der Waals surface area contributed by atoms with Crippen LogP contribution in [0, 0.1) is 0 Å². The number of hydrogen-bond donors (Lipinski definition) is 0. The van der Waals surface area contributed by atoms with Crippen molar-refractivity contribution in [2.75, 3.05) is 21.3 Å². The van der Waals surface area contributed by atoms with Gasteiger partial charge in [0.1, 0.15) is 11.5 Å². The van der Waals surface area contributed by atoms with Crippen molar-refractivity contribution in [3.8, 4) is 34.1 Å². The zero-order valence-corrected chi connectivity index (χ0v) is 29.7. The predicted octanol–water partition coefficient (Wildman–Crippen LogP) is 11.7. The summed E-state index contributed by atoms with van der Waals surface area (Å²) in [7, 11) is 5.10. The van der Waals surface area contributed by atoms with Gasteiger partial charge in [0.15, 0.2) is 17.1 Å². The summed E-state index contributed by atoms with van der Waals surface area (Å²) in [5.41, 5.74) is 7.39. The number of methoxy groups -OCH3 is 3. The van der Waals surface area contributed by atoms with E-state index in [9.17, 15) is 0 Å². The molecule has 1 aromatic heterocycles. The van der Waals surface area contributed by atoms with Crippen molar-refractivity contribution in [2.45, 2.75) is 37.7 Å². The quantitative estimate of drug-likeness (QED) is 0.169. The summed E-state index contributed by atoms with van der Waals surface area (Å²) in [6.45, 7) is 4.63. The summed E-state index contributed by atoms with van der Waals surface area (Å²) in [6, 6.07) is 36.9. The lowest BCUT2D eigenvalue weighted by molar-refractivity contribution is 0.163. The molecule has 6 aromatic carbocycles. The van der Waals surface area contributed by atoms with Gasteiger partial charge in [-0.1, -0.05) is 86.7 Å². The molecule has 1 unspecified atom stereocenters. The highest BCUT2D eigenvalue weighted by atomic mass is 32.1. The summed E-state index contributed by atoms with van der Waals surface area (Å²) in [5.74, 6) is 3.03. The van der Waals surface area contributed by atoms with Gasteiger partial charge in [0.2, 0.25) is 0 Å². The van der Waals surface area contributed by atoms with E-state index in [-0.39, 0.29) is 5.41 Å². The monoisotopic (exact) mass is 674 g/mol. The van der Waals surface area contributed by atoms with E-state index in [1.165, 1.54) is 42.4 Å². The standard InChI is InChI=1S/C45H38O4S/c1-6-44(7-2)36-14-10-8-13-32(36)41-34-25-37(47-4)38(48-5)26-35(34)43-33(42(41)44)22-23-45(49-43,27-16-19-29(46-3)20-17-27)28-18-21-31-30-12-9-11-15-39(30)50-40(31)24-28/h8-26H,6-7H2,1-5H3. The van der Waals surface area contributed by atoms with Crippen LogP contribution < -0.4 is 18.9 Å². The Morgan fingerprint density at radius 2 is 1.32 bits per heavy atom. The van der Waals surface area contributed by atoms with Crippen molar-refractivity contribution < 1.29 is 18.9 Å². The minimum Gasteiger partial charge on any atom is -0.497 e. The fraction of sp³-hybridized carbons (Fsp3) is 0.200. The Balaban J connectivity index is 1.38. The number of fused-ring (bicyclic) bond motifs is 11. The molecule has 0 radical (unpaired) electrons. The van der Waals surface area contributed by atoms with Crippen LogP contribution in [0.15, 0.2) is 109 Å². The van der Waals surface area contributed by atoms with Crippen LogP contribution in [-0.2, 0) is 11.0 Å². The molecule has 2 heterocycles. The average molecular weight is 675 g/mol. The van der Waals surface area contributed by atoms with E-state index in [0.717, 1.165) is 51.8 Å². The minimum absolute atomic E-state index is 0.166. The first-order valence-electron chi connectivity index (χ1n) is 17.3. The molecule has 4 nitrogen and oxygen atoms in total. The summed E-state index contributed by atoms with van der Waals surface area (Å²) >= 11 is 1.82. The van der Waals surface area contributed by atoms with Crippen molar-refractivity contribution in [1.29, 1.82) is 0 Å². The van der Waals surface area contributed by atoms with E-state index in [4.69, 9.17) is 18.9 Å². The van der Waals surface area contributed by atoms with E-state index in [1.54, 1.807) is 21.3 Å². The lowest BCUT2D eigenvalue weighted by atomic mass is 9.71. The first-order valence-corrected chi connectivity index (χ1v) is 18.1. The second-order valence-electron chi connectivity index (χ2n) is 13.3. The molecule has 0 spiro atoms. The van der Waals surface area contributed by atoms with Crippen LogP contribution in [0.4, 0.5) is 0 Å². The third kappa shape index (κ3) is 4.10. The Kier molecular flexibility index (Phi) is 7.01. The van der Waals surface area contributed by atoms with Crippen LogP contribution in [0.5, 0.6) is 23.0 Å². The fourth-order valence-electron chi connectivity index (χ4n) is 8.75. The second kappa shape index (κ2) is 11.4. The Morgan fingerprint density at radius 3 is 2.06 bits per heavy atom. The molecule has 0 amide bonds. The summed E-state index contributed by atoms with van der Waals surface area (Å²) in [4.78, 5) is 0. The van der Waals surface area contributed by atoms with Crippen LogP contribution in [0.1, 0.15) is 54.5 Å². The van der Waals surface area contributed by atoms with Crippen molar-refractivity contribution in [1.82, 2.24) is 0 Å². The topological polar surface area (TPSA) is 36.9 Å². The van der Waals surface area contributed by atoms with Gasteiger partial charge in [-0.2, -0.15) is 0 Å². The van der Waals surface area contributed by atoms with Gasteiger partial charge >= 0.3 is 0 Å². The van der Waals surface area contributed by atoms with E-state index >= 15 is 0 Å². The Labute approximate surface area is 296 Å². The van der Waals surface area contributed by atoms with E-state index in [1.807, 2.05) is 23.5 Å². The lowest BCUT2D eigenvalue weighted by Gasteiger charge is -2.39. The van der Waals surface area contributed by atoms with Crippen molar-refractivity contribution >= 4 is 48.4 Å². The third-order valence-corrected chi connectivity index (χ3v) is 12.4. The molecule has 50 heavy (non-hydrogen) atoms. The first-order chi connectivity index (χ1) is 24.5. The average Bonchev–Trinajstić information content (AvgIpc) is 3.70. The Morgan fingerprint density at radius 1 is 0.640 bits per heavy atom. The van der Waals surface area contributed by atoms with Gasteiger partial charge in [-0.3, -0.25) is 0 Å². The van der Waals surface area contributed by atoms with Crippen LogP contribution in [0.2, 0.25) is 0 Å². The zero-order chi connectivity index (χ0) is 34.2. The minimum atomic E-state index is -0.912.